The van der Waals surface area contributed by atoms with Crippen LogP contribution < -0.4 is 5.32 Å². The topological polar surface area (TPSA) is 89.9 Å². The van der Waals surface area contributed by atoms with Crippen molar-refractivity contribution in [3.05, 3.63) is 0 Å². The average molecular weight is 246 g/mol. The molecule has 0 aliphatic heterocycles. The molecule has 0 rings (SSSR count). The summed E-state index contributed by atoms with van der Waals surface area (Å²) in [5.41, 5.74) is -0.985. The molecule has 2 amide bonds. The predicted molar refractivity (Wildman–Crippen MR) is 63.7 cm³/mol. The first kappa shape index (κ1) is 15.7. The highest BCUT2D eigenvalue weighted by Gasteiger charge is 2.27. The van der Waals surface area contributed by atoms with Crippen molar-refractivity contribution >= 4 is 12.0 Å². The molecule has 6 heteroatoms. The number of nitrogens with zero attached hydrogens (tertiary/aromatic N) is 1. The van der Waals surface area contributed by atoms with E-state index in [4.69, 9.17) is 10.2 Å². The van der Waals surface area contributed by atoms with E-state index in [0.29, 0.717) is 13.0 Å². The summed E-state index contributed by atoms with van der Waals surface area (Å²) < 4.78 is 0. The summed E-state index contributed by atoms with van der Waals surface area (Å²) >= 11 is 0. The normalized spacial score (nSPS) is 13.0. The number of carbonyl (C=O) groups is 2. The number of carbonyl (C=O) groups excluding carboxylic acids is 1. The number of aliphatic hydroxyl groups excluding tert-OH is 1. The molecule has 3 N–H and O–H groups in total. The van der Waals surface area contributed by atoms with E-state index in [1.807, 2.05) is 0 Å². The summed E-state index contributed by atoms with van der Waals surface area (Å²) in [6.07, 6.45) is 0.0346. The zero-order valence-corrected chi connectivity index (χ0v) is 10.9. The van der Waals surface area contributed by atoms with Gasteiger partial charge in [0.25, 0.3) is 0 Å². The Balaban J connectivity index is 4.05. The number of rotatable bonds is 6. The Bertz CT molecular complexity index is 277. The second-order valence-corrected chi connectivity index (χ2v) is 4.91. The van der Waals surface area contributed by atoms with Gasteiger partial charge in [-0.15, -0.1) is 0 Å². The highest BCUT2D eigenvalue weighted by molar-refractivity contribution is 5.77. The lowest BCUT2D eigenvalue weighted by Crippen LogP contribution is -2.44. The summed E-state index contributed by atoms with van der Waals surface area (Å²) in [5, 5.41) is 20.5. The Morgan fingerprint density at radius 2 is 1.94 bits per heavy atom. The number of hydrogen-bond donors (Lipinski definition) is 3. The van der Waals surface area contributed by atoms with Gasteiger partial charge in [-0.2, -0.15) is 0 Å². The van der Waals surface area contributed by atoms with Gasteiger partial charge in [0.1, 0.15) is 0 Å². The molecule has 1 atom stereocenters. The van der Waals surface area contributed by atoms with Crippen molar-refractivity contribution in [2.45, 2.75) is 33.3 Å². The lowest BCUT2D eigenvalue weighted by Gasteiger charge is -2.23. The summed E-state index contributed by atoms with van der Waals surface area (Å²) in [6.45, 7) is 5.24. The van der Waals surface area contributed by atoms with Gasteiger partial charge in [-0.3, -0.25) is 4.79 Å². The molecule has 0 bridgehead atoms. The lowest BCUT2D eigenvalue weighted by atomic mass is 9.94. The summed E-state index contributed by atoms with van der Waals surface area (Å²) in [5.74, 6) is -0.954. The number of nitrogens with one attached hydrogen (secondary N) is 1. The molecule has 0 saturated carbocycles. The van der Waals surface area contributed by atoms with Gasteiger partial charge < -0.3 is 20.4 Å². The SMILES string of the molecule is CC(O)CCN(C)C(=O)NCC(C)(C)C(=O)O. The monoisotopic (exact) mass is 246 g/mol. The number of hydrogen-bond acceptors (Lipinski definition) is 3. The van der Waals surface area contributed by atoms with Crippen LogP contribution in [-0.4, -0.2) is 53.4 Å². The molecule has 0 fully saturated rings. The van der Waals surface area contributed by atoms with Crippen LogP contribution in [0.2, 0.25) is 0 Å². The number of amides is 2. The molecule has 17 heavy (non-hydrogen) atoms. The number of aliphatic carboxylic acids is 1. The van der Waals surface area contributed by atoms with Gasteiger partial charge in [0.05, 0.1) is 11.5 Å². The number of urea groups is 1. The molecule has 0 aromatic carbocycles. The highest BCUT2D eigenvalue weighted by Crippen LogP contribution is 2.13. The Kier molecular flexibility index (Phi) is 5.95. The Morgan fingerprint density at radius 1 is 1.41 bits per heavy atom. The fourth-order valence-corrected chi connectivity index (χ4v) is 0.989. The molecule has 0 saturated heterocycles. The second-order valence-electron chi connectivity index (χ2n) is 4.91. The van der Waals surface area contributed by atoms with Crippen LogP contribution in [0.4, 0.5) is 4.79 Å². The maximum Gasteiger partial charge on any atom is 0.317 e. The van der Waals surface area contributed by atoms with Crippen LogP contribution in [0.15, 0.2) is 0 Å². The average Bonchev–Trinajstić information content (AvgIpc) is 2.22. The van der Waals surface area contributed by atoms with Crippen molar-refractivity contribution in [1.29, 1.82) is 0 Å². The van der Waals surface area contributed by atoms with Crippen LogP contribution in [-0.2, 0) is 4.79 Å². The third-order valence-electron chi connectivity index (χ3n) is 2.49. The largest absolute Gasteiger partial charge is 0.481 e. The Hall–Kier alpha value is -1.30. The van der Waals surface area contributed by atoms with Gasteiger partial charge in [-0.25, -0.2) is 4.79 Å². The molecule has 0 aromatic heterocycles. The van der Waals surface area contributed by atoms with Crippen molar-refractivity contribution in [3.8, 4) is 0 Å². The third-order valence-corrected chi connectivity index (χ3v) is 2.49. The van der Waals surface area contributed by atoms with Crippen LogP contribution in [0, 0.1) is 5.41 Å². The minimum Gasteiger partial charge on any atom is -0.481 e. The van der Waals surface area contributed by atoms with Gasteiger partial charge in [0.15, 0.2) is 0 Å². The summed E-state index contributed by atoms with van der Waals surface area (Å²) in [4.78, 5) is 23.8. The van der Waals surface area contributed by atoms with Gasteiger partial charge in [-0.1, -0.05) is 0 Å². The minimum atomic E-state index is -0.985. The van der Waals surface area contributed by atoms with Gasteiger partial charge >= 0.3 is 12.0 Å². The molecule has 0 aliphatic rings. The fourth-order valence-electron chi connectivity index (χ4n) is 0.989. The predicted octanol–water partition coefficient (Wildman–Crippen LogP) is 0.509. The van der Waals surface area contributed by atoms with E-state index in [0.717, 1.165) is 0 Å². The fraction of sp³-hybridized carbons (Fsp3) is 0.818. The maximum absolute atomic E-state index is 11.6. The van der Waals surface area contributed by atoms with E-state index in [1.54, 1.807) is 27.8 Å². The van der Waals surface area contributed by atoms with Crippen molar-refractivity contribution in [1.82, 2.24) is 10.2 Å². The van der Waals surface area contributed by atoms with E-state index in [1.165, 1.54) is 4.90 Å². The standard InChI is InChI=1S/C11H22N2O4/c1-8(14)5-6-13(4)10(17)12-7-11(2,3)9(15)16/h8,14H,5-7H2,1-4H3,(H,12,17)(H,15,16). The molecular weight excluding hydrogens is 224 g/mol. The third kappa shape index (κ3) is 6.11. The molecule has 0 aromatic rings. The molecule has 6 nitrogen and oxygen atoms in total. The van der Waals surface area contributed by atoms with Crippen molar-refractivity contribution in [2.75, 3.05) is 20.1 Å². The van der Waals surface area contributed by atoms with Crippen LogP contribution >= 0.6 is 0 Å². The maximum atomic E-state index is 11.6. The smallest absolute Gasteiger partial charge is 0.317 e. The van der Waals surface area contributed by atoms with E-state index in [2.05, 4.69) is 5.32 Å². The first-order valence-corrected chi connectivity index (χ1v) is 5.57. The number of aliphatic hydroxyl groups is 1. The minimum absolute atomic E-state index is 0.0696. The summed E-state index contributed by atoms with van der Waals surface area (Å²) in [7, 11) is 1.60. The lowest BCUT2D eigenvalue weighted by molar-refractivity contribution is -0.146. The van der Waals surface area contributed by atoms with Crippen molar-refractivity contribution in [2.24, 2.45) is 5.41 Å². The zero-order valence-electron chi connectivity index (χ0n) is 10.9. The Labute approximate surface area is 102 Å². The molecular formula is C11H22N2O4. The van der Waals surface area contributed by atoms with Crippen LogP contribution in [0.5, 0.6) is 0 Å². The quantitative estimate of drug-likeness (QED) is 0.637. The molecule has 0 aliphatic carbocycles. The first-order chi connectivity index (χ1) is 7.66. The van der Waals surface area contributed by atoms with Gasteiger partial charge in [0, 0.05) is 20.1 Å². The Morgan fingerprint density at radius 3 is 2.35 bits per heavy atom. The van der Waals surface area contributed by atoms with E-state index in [-0.39, 0.29) is 12.6 Å². The van der Waals surface area contributed by atoms with Crippen LogP contribution in [0.1, 0.15) is 27.2 Å². The van der Waals surface area contributed by atoms with Crippen LogP contribution in [0.25, 0.3) is 0 Å². The van der Waals surface area contributed by atoms with Gasteiger partial charge in [0.2, 0.25) is 0 Å². The second kappa shape index (κ2) is 6.44. The molecule has 0 radical (unpaired) electrons. The van der Waals surface area contributed by atoms with E-state index >= 15 is 0 Å². The van der Waals surface area contributed by atoms with Crippen molar-refractivity contribution < 1.29 is 19.8 Å². The van der Waals surface area contributed by atoms with Gasteiger partial charge in [-0.05, 0) is 27.2 Å². The van der Waals surface area contributed by atoms with Crippen LogP contribution in [0.3, 0.4) is 0 Å². The van der Waals surface area contributed by atoms with E-state index < -0.39 is 17.5 Å². The first-order valence-electron chi connectivity index (χ1n) is 5.57. The zero-order chi connectivity index (χ0) is 13.6. The van der Waals surface area contributed by atoms with Crippen molar-refractivity contribution in [3.63, 3.8) is 0 Å². The van der Waals surface area contributed by atoms with E-state index in [9.17, 15) is 9.59 Å². The molecule has 0 spiro atoms. The highest BCUT2D eigenvalue weighted by atomic mass is 16.4. The molecule has 1 unspecified atom stereocenters. The molecule has 100 valence electrons. The number of carboxylic acid groups (broad SMARTS) is 1. The summed E-state index contributed by atoms with van der Waals surface area (Å²) in [6, 6.07) is -0.333. The molecule has 0 heterocycles. The number of carboxylic acids is 1.